The average molecular weight is 532 g/mol. The van der Waals surface area contributed by atoms with E-state index in [0.29, 0.717) is 11.5 Å². The van der Waals surface area contributed by atoms with Crippen LogP contribution in [0, 0.1) is 22.7 Å². The second kappa shape index (κ2) is 9.74. The molecule has 7 atom stereocenters. The molecule has 4 aliphatic carbocycles. The Morgan fingerprint density at radius 2 is 1.82 bits per heavy atom. The minimum Gasteiger partial charge on any atom is -0.455 e. The quantitative estimate of drug-likeness (QED) is 0.378. The Morgan fingerprint density at radius 3 is 2.54 bits per heavy atom. The molecule has 3 fully saturated rings. The van der Waals surface area contributed by atoms with Crippen LogP contribution in [0.5, 0.6) is 0 Å². The van der Waals surface area contributed by atoms with Crippen LogP contribution in [0.25, 0.3) is 0 Å². The van der Waals surface area contributed by atoms with Crippen LogP contribution in [0.3, 0.4) is 0 Å². The van der Waals surface area contributed by atoms with Crippen molar-refractivity contribution in [3.63, 3.8) is 0 Å². The van der Waals surface area contributed by atoms with Crippen LogP contribution in [-0.2, 0) is 11.3 Å². The molecular formula is C33H41NO5. The molecule has 1 aromatic heterocycles. The molecule has 0 radical (unpaired) electrons. The first-order chi connectivity index (χ1) is 18.7. The van der Waals surface area contributed by atoms with E-state index in [0.717, 1.165) is 69.0 Å². The highest BCUT2D eigenvalue weighted by Gasteiger charge is 2.66. The molecule has 0 aliphatic heterocycles. The van der Waals surface area contributed by atoms with Gasteiger partial charge in [0.1, 0.15) is 6.10 Å². The second-order valence-electron chi connectivity index (χ2n) is 12.9. The summed E-state index contributed by atoms with van der Waals surface area (Å²) in [6, 6.07) is 11.0. The molecule has 39 heavy (non-hydrogen) atoms. The topological polar surface area (TPSA) is 88.8 Å². The zero-order valence-electron chi connectivity index (χ0n) is 23.4. The van der Waals surface area contributed by atoms with Crippen molar-refractivity contribution in [2.24, 2.45) is 22.7 Å². The summed E-state index contributed by atoms with van der Waals surface area (Å²) < 4.78 is 11.2. The van der Waals surface area contributed by atoms with E-state index in [4.69, 9.17) is 9.15 Å². The molecule has 208 valence electrons. The summed E-state index contributed by atoms with van der Waals surface area (Å²) in [6.07, 6.45) is 11.1. The van der Waals surface area contributed by atoms with Crippen molar-refractivity contribution in [3.05, 3.63) is 81.4 Å². The van der Waals surface area contributed by atoms with Gasteiger partial charge in [0.2, 0.25) is 0 Å². The standard InChI is InChI=1S/C33H41NO5/c1-31-15-12-25(39-30(36)22-6-4-21(5-7-22)19-34-3)18-24(31)9-10-28-27(31)13-16-32(2)26(14-17-33(28,32)37)23-8-11-29(35)38-20-23/h4-8,11,18,20,25-28,34,37H,9-10,12-17,19H2,1-3H3/t25-,26+,27?,28?,31-,32+,33-/m0/s1. The Balaban J connectivity index is 1.19. The zero-order chi connectivity index (χ0) is 27.4. The molecule has 0 bridgehead atoms. The zero-order valence-corrected chi connectivity index (χ0v) is 23.4. The van der Waals surface area contributed by atoms with Crippen LogP contribution in [-0.4, -0.2) is 29.8 Å². The first-order valence-corrected chi connectivity index (χ1v) is 14.6. The van der Waals surface area contributed by atoms with E-state index in [1.807, 2.05) is 37.4 Å². The van der Waals surface area contributed by atoms with E-state index in [9.17, 15) is 14.7 Å². The number of carbonyl (C=O) groups is 1. The Labute approximate surface area is 230 Å². The van der Waals surface area contributed by atoms with Gasteiger partial charge in [-0.2, -0.15) is 0 Å². The van der Waals surface area contributed by atoms with E-state index in [2.05, 4.69) is 25.2 Å². The van der Waals surface area contributed by atoms with Crippen LogP contribution in [0.15, 0.2) is 63.5 Å². The van der Waals surface area contributed by atoms with Gasteiger partial charge in [-0.25, -0.2) is 9.59 Å². The van der Waals surface area contributed by atoms with Crippen LogP contribution < -0.4 is 10.9 Å². The monoisotopic (exact) mass is 531 g/mol. The molecule has 1 aromatic carbocycles. The van der Waals surface area contributed by atoms with E-state index in [1.54, 1.807) is 6.26 Å². The number of esters is 1. The van der Waals surface area contributed by atoms with Gasteiger partial charge >= 0.3 is 11.6 Å². The number of hydrogen-bond acceptors (Lipinski definition) is 6. The van der Waals surface area contributed by atoms with Gasteiger partial charge in [0.05, 0.1) is 17.4 Å². The minimum absolute atomic E-state index is 0.0231. The van der Waals surface area contributed by atoms with Crippen LogP contribution in [0.1, 0.15) is 92.6 Å². The molecule has 1 heterocycles. The third kappa shape index (κ3) is 4.22. The molecule has 0 amide bonds. The van der Waals surface area contributed by atoms with Crippen LogP contribution in [0.2, 0.25) is 0 Å². The van der Waals surface area contributed by atoms with Gasteiger partial charge in [-0.3, -0.25) is 0 Å². The van der Waals surface area contributed by atoms with Crippen molar-refractivity contribution in [2.45, 2.75) is 89.4 Å². The summed E-state index contributed by atoms with van der Waals surface area (Å²) in [4.78, 5) is 24.5. The van der Waals surface area contributed by atoms with E-state index < -0.39 is 5.60 Å². The first-order valence-electron chi connectivity index (χ1n) is 14.6. The van der Waals surface area contributed by atoms with E-state index in [1.165, 1.54) is 11.6 Å². The number of rotatable bonds is 5. The highest BCUT2D eigenvalue weighted by Crippen LogP contribution is 2.70. The lowest BCUT2D eigenvalue weighted by molar-refractivity contribution is -0.178. The highest BCUT2D eigenvalue weighted by atomic mass is 16.5. The van der Waals surface area contributed by atoms with Gasteiger partial charge in [0, 0.05) is 18.0 Å². The molecule has 6 heteroatoms. The normalized spacial score (nSPS) is 37.3. The van der Waals surface area contributed by atoms with Crippen molar-refractivity contribution in [1.82, 2.24) is 5.32 Å². The number of benzene rings is 1. The smallest absolute Gasteiger partial charge is 0.338 e. The lowest BCUT2D eigenvalue weighted by Gasteiger charge is -2.61. The molecule has 6 nitrogen and oxygen atoms in total. The predicted octanol–water partition coefficient (Wildman–Crippen LogP) is 5.75. The van der Waals surface area contributed by atoms with Crippen molar-refractivity contribution in [3.8, 4) is 0 Å². The van der Waals surface area contributed by atoms with Crippen molar-refractivity contribution < 1.29 is 19.1 Å². The van der Waals surface area contributed by atoms with Crippen molar-refractivity contribution >= 4 is 5.97 Å². The fourth-order valence-electron chi connectivity index (χ4n) is 9.03. The van der Waals surface area contributed by atoms with Crippen molar-refractivity contribution in [2.75, 3.05) is 7.05 Å². The molecule has 6 rings (SSSR count). The molecule has 4 aliphatic rings. The Hall–Kier alpha value is -2.70. The van der Waals surface area contributed by atoms with E-state index >= 15 is 0 Å². The number of carbonyl (C=O) groups excluding carboxylic acids is 1. The maximum absolute atomic E-state index is 12.9. The third-order valence-electron chi connectivity index (χ3n) is 11.2. The fourth-order valence-corrected chi connectivity index (χ4v) is 9.03. The van der Waals surface area contributed by atoms with Gasteiger partial charge in [-0.1, -0.05) is 31.6 Å². The summed E-state index contributed by atoms with van der Waals surface area (Å²) in [5.41, 5.74) is 2.90. The average Bonchev–Trinajstić information content (AvgIpc) is 3.21. The summed E-state index contributed by atoms with van der Waals surface area (Å²) in [5, 5.41) is 15.5. The van der Waals surface area contributed by atoms with Gasteiger partial charge < -0.3 is 19.6 Å². The van der Waals surface area contributed by atoms with Gasteiger partial charge in [-0.15, -0.1) is 0 Å². The maximum atomic E-state index is 12.9. The number of hydrogen-bond donors (Lipinski definition) is 2. The third-order valence-corrected chi connectivity index (χ3v) is 11.2. The Kier molecular flexibility index (Phi) is 6.62. The maximum Gasteiger partial charge on any atom is 0.338 e. The molecule has 2 aromatic rings. The summed E-state index contributed by atoms with van der Waals surface area (Å²) in [7, 11) is 1.91. The summed E-state index contributed by atoms with van der Waals surface area (Å²) in [5.74, 6) is 0.593. The SMILES string of the molecule is CNCc1ccc(C(=O)O[C@@H]2C=C3CCC4C(CC[C@]5(C)[C@@H](c6ccc(=O)oc6)CC[C@]45O)[C@@]3(C)CC2)cc1. The molecule has 3 saturated carbocycles. The van der Waals surface area contributed by atoms with Crippen LogP contribution in [0.4, 0.5) is 0 Å². The Bertz CT molecular complexity index is 1310. The molecule has 0 spiro atoms. The minimum atomic E-state index is -0.728. The molecule has 2 unspecified atom stereocenters. The number of allylic oxidation sites excluding steroid dienone is 1. The number of fused-ring (bicyclic) bond motifs is 5. The fraction of sp³-hybridized carbons (Fsp3) is 0.576. The largest absolute Gasteiger partial charge is 0.455 e. The van der Waals surface area contributed by atoms with Crippen molar-refractivity contribution in [1.29, 1.82) is 0 Å². The molecule has 0 saturated heterocycles. The molecular weight excluding hydrogens is 490 g/mol. The first kappa shape index (κ1) is 26.5. The predicted molar refractivity (Wildman–Crippen MR) is 149 cm³/mol. The molecule has 2 N–H and O–H groups in total. The lowest BCUT2D eigenvalue weighted by Crippen LogP contribution is -2.60. The highest BCUT2D eigenvalue weighted by molar-refractivity contribution is 5.89. The summed E-state index contributed by atoms with van der Waals surface area (Å²) in [6.45, 7) is 5.42. The van der Waals surface area contributed by atoms with E-state index in [-0.39, 0.29) is 40.4 Å². The van der Waals surface area contributed by atoms with Crippen LogP contribution >= 0.6 is 0 Å². The van der Waals surface area contributed by atoms with Gasteiger partial charge in [0.15, 0.2) is 0 Å². The second-order valence-corrected chi connectivity index (χ2v) is 12.9. The Morgan fingerprint density at radius 1 is 1.03 bits per heavy atom. The van der Waals surface area contributed by atoms with Gasteiger partial charge in [0.25, 0.3) is 0 Å². The number of nitrogens with one attached hydrogen (secondary N) is 1. The number of ether oxygens (including phenoxy) is 1. The lowest BCUT2D eigenvalue weighted by atomic mass is 9.45. The summed E-state index contributed by atoms with van der Waals surface area (Å²) >= 11 is 0. The number of aliphatic hydroxyl groups is 1. The van der Waals surface area contributed by atoms with Gasteiger partial charge in [-0.05, 0) is 117 Å².